The van der Waals surface area contributed by atoms with Crippen molar-refractivity contribution in [3.05, 3.63) is 0 Å². The molecule has 0 aromatic heterocycles. The lowest BCUT2D eigenvalue weighted by molar-refractivity contribution is -0.161. The van der Waals surface area contributed by atoms with Crippen LogP contribution in [0.15, 0.2) is 0 Å². The lowest BCUT2D eigenvalue weighted by atomic mass is 10.0. The van der Waals surface area contributed by atoms with Crippen LogP contribution in [0.4, 0.5) is 0 Å². The number of aliphatic hydroxyl groups excluding tert-OH is 1. The first-order chi connectivity index (χ1) is 41.7. The molecule has 19 heteroatoms. The lowest BCUT2D eigenvalue weighted by Gasteiger charge is -2.21. The lowest BCUT2D eigenvalue weighted by Crippen LogP contribution is -2.30. The quantitative estimate of drug-likeness (QED) is 0.0222. The number of ether oxygens (including phenoxy) is 4. The van der Waals surface area contributed by atoms with Gasteiger partial charge in [-0.05, 0) is 25.7 Å². The molecule has 0 rings (SSSR count). The van der Waals surface area contributed by atoms with E-state index in [1.54, 1.807) is 0 Å². The van der Waals surface area contributed by atoms with Crippen LogP contribution >= 0.6 is 15.6 Å². The van der Waals surface area contributed by atoms with Crippen LogP contribution in [0.5, 0.6) is 0 Å². The highest BCUT2D eigenvalue weighted by Crippen LogP contribution is 2.45. The zero-order valence-electron chi connectivity index (χ0n) is 55.3. The average molecular weight is 1270 g/mol. The monoisotopic (exact) mass is 1270 g/mol. The largest absolute Gasteiger partial charge is 0.472 e. The Labute approximate surface area is 524 Å². The number of hydrogen-bond acceptors (Lipinski definition) is 15. The molecule has 0 saturated carbocycles. The number of rotatable bonds is 68. The van der Waals surface area contributed by atoms with Crippen molar-refractivity contribution in [1.82, 2.24) is 0 Å². The molecule has 0 fully saturated rings. The Morgan fingerprint density at radius 1 is 0.279 bits per heavy atom. The molecule has 0 aliphatic heterocycles. The van der Waals surface area contributed by atoms with Crippen LogP contribution in [0.2, 0.25) is 0 Å². The maximum Gasteiger partial charge on any atom is 0.472 e. The normalized spacial score (nSPS) is 14.1. The summed E-state index contributed by atoms with van der Waals surface area (Å²) in [6.07, 6.45) is 49.0. The van der Waals surface area contributed by atoms with E-state index < -0.39 is 97.5 Å². The summed E-state index contributed by atoms with van der Waals surface area (Å²) in [6, 6.07) is 0. The third-order valence-electron chi connectivity index (χ3n) is 15.6. The van der Waals surface area contributed by atoms with Gasteiger partial charge in [-0.25, -0.2) is 9.13 Å². The second-order valence-electron chi connectivity index (χ2n) is 24.2. The minimum absolute atomic E-state index is 0.104. The molecule has 0 aromatic rings. The molecule has 86 heavy (non-hydrogen) atoms. The fourth-order valence-corrected chi connectivity index (χ4v) is 11.7. The summed E-state index contributed by atoms with van der Waals surface area (Å²) < 4.78 is 67.9. The average Bonchev–Trinajstić information content (AvgIpc) is 3.71. The van der Waals surface area contributed by atoms with Gasteiger partial charge in [0.15, 0.2) is 12.2 Å². The van der Waals surface area contributed by atoms with Gasteiger partial charge in [-0.1, -0.05) is 297 Å². The maximum atomic E-state index is 13.0. The van der Waals surface area contributed by atoms with Crippen LogP contribution in [0.25, 0.3) is 0 Å². The second kappa shape index (κ2) is 61.9. The molecule has 2 unspecified atom stereocenters. The van der Waals surface area contributed by atoms with Crippen LogP contribution < -0.4 is 0 Å². The van der Waals surface area contributed by atoms with Crippen LogP contribution in [-0.4, -0.2) is 96.7 Å². The summed E-state index contributed by atoms with van der Waals surface area (Å²) in [5.41, 5.74) is 0. The fraction of sp³-hybridized carbons (Fsp3) is 0.940. The third-order valence-corrected chi connectivity index (χ3v) is 17.5. The van der Waals surface area contributed by atoms with E-state index in [9.17, 15) is 43.2 Å². The summed E-state index contributed by atoms with van der Waals surface area (Å²) in [6.45, 7) is 4.83. The second-order valence-corrected chi connectivity index (χ2v) is 27.1. The Hall–Kier alpha value is -1.94. The van der Waals surface area contributed by atoms with Gasteiger partial charge >= 0.3 is 39.5 Å². The van der Waals surface area contributed by atoms with Gasteiger partial charge in [0.25, 0.3) is 0 Å². The standard InChI is InChI=1S/C67H130O17P2/c1-5-9-13-17-21-23-25-27-28-29-30-31-32-33-34-36-38-42-46-50-54-67(72)84-63(58-78-65(70)52-48-44-41-37-35-26-24-22-18-14-10-6-2)60-82-86(75,76)80-56-61(68)55-79-85(73,74)81-59-62(83-66(71)53-49-45-40-20-16-12-8-4)57-77-64(69)51-47-43-39-19-15-11-7-3/h61-63,68H,5-60H2,1-4H3,(H,73,74)(H,75,76)/t61-,62+,63+/m0/s1. The van der Waals surface area contributed by atoms with E-state index in [2.05, 4.69) is 27.7 Å². The van der Waals surface area contributed by atoms with Crippen molar-refractivity contribution >= 4 is 39.5 Å². The van der Waals surface area contributed by atoms with Crippen LogP contribution in [0.3, 0.4) is 0 Å². The van der Waals surface area contributed by atoms with Crippen LogP contribution in [-0.2, 0) is 65.4 Å². The van der Waals surface area contributed by atoms with Gasteiger partial charge in [-0.2, -0.15) is 0 Å². The Kier molecular flexibility index (Phi) is 60.5. The Balaban J connectivity index is 5.11. The molecule has 3 N–H and O–H groups in total. The van der Waals surface area contributed by atoms with Crippen molar-refractivity contribution in [2.45, 2.75) is 367 Å². The van der Waals surface area contributed by atoms with Crippen molar-refractivity contribution in [3.63, 3.8) is 0 Å². The molecule has 0 bridgehead atoms. The van der Waals surface area contributed by atoms with Crippen LogP contribution in [0.1, 0.15) is 349 Å². The molecule has 510 valence electrons. The first kappa shape index (κ1) is 84.1. The molecule has 5 atom stereocenters. The highest BCUT2D eigenvalue weighted by atomic mass is 31.2. The summed E-state index contributed by atoms with van der Waals surface area (Å²) >= 11 is 0. The van der Waals surface area contributed by atoms with Crippen molar-refractivity contribution in [1.29, 1.82) is 0 Å². The molecular formula is C67H130O17P2. The zero-order chi connectivity index (χ0) is 63.3. The fourth-order valence-electron chi connectivity index (χ4n) is 10.2. The van der Waals surface area contributed by atoms with E-state index in [1.807, 2.05) is 0 Å². The highest BCUT2D eigenvalue weighted by molar-refractivity contribution is 7.47. The number of carbonyl (C=O) groups is 4. The van der Waals surface area contributed by atoms with Crippen molar-refractivity contribution in [2.24, 2.45) is 0 Å². The molecule has 0 saturated heterocycles. The van der Waals surface area contributed by atoms with Crippen molar-refractivity contribution < 1.29 is 80.2 Å². The first-order valence-corrected chi connectivity index (χ1v) is 38.3. The number of phosphoric ester groups is 2. The molecule has 0 amide bonds. The summed E-state index contributed by atoms with van der Waals surface area (Å²) in [5.74, 6) is -2.14. The molecule has 0 aliphatic rings. The van der Waals surface area contributed by atoms with E-state index in [0.717, 1.165) is 116 Å². The molecule has 0 radical (unpaired) electrons. The summed E-state index contributed by atoms with van der Waals surface area (Å²) in [4.78, 5) is 72.1. The van der Waals surface area contributed by atoms with E-state index >= 15 is 0 Å². The van der Waals surface area contributed by atoms with Crippen molar-refractivity contribution in [2.75, 3.05) is 39.6 Å². The van der Waals surface area contributed by atoms with Gasteiger partial charge in [0.05, 0.1) is 26.4 Å². The van der Waals surface area contributed by atoms with E-state index in [1.165, 1.54) is 154 Å². The van der Waals surface area contributed by atoms with Gasteiger partial charge in [0.2, 0.25) is 0 Å². The molecule has 0 spiro atoms. The number of carbonyl (C=O) groups excluding carboxylic acids is 4. The first-order valence-electron chi connectivity index (χ1n) is 35.3. The van der Waals surface area contributed by atoms with E-state index in [4.69, 9.17) is 37.0 Å². The minimum atomic E-state index is -4.94. The van der Waals surface area contributed by atoms with Gasteiger partial charge in [0.1, 0.15) is 19.3 Å². The number of unbranched alkanes of at least 4 members (excludes halogenated alkanes) is 42. The Morgan fingerprint density at radius 3 is 0.686 bits per heavy atom. The van der Waals surface area contributed by atoms with Crippen LogP contribution in [0, 0.1) is 0 Å². The minimum Gasteiger partial charge on any atom is -0.462 e. The maximum absolute atomic E-state index is 13.0. The number of hydrogen-bond donors (Lipinski definition) is 3. The summed E-state index contributed by atoms with van der Waals surface area (Å²) in [5, 5.41) is 10.5. The third kappa shape index (κ3) is 60.9. The van der Waals surface area contributed by atoms with E-state index in [0.29, 0.717) is 25.7 Å². The van der Waals surface area contributed by atoms with Gasteiger partial charge in [-0.15, -0.1) is 0 Å². The molecule has 0 heterocycles. The zero-order valence-corrected chi connectivity index (χ0v) is 57.1. The smallest absolute Gasteiger partial charge is 0.462 e. The molecule has 17 nitrogen and oxygen atoms in total. The predicted molar refractivity (Wildman–Crippen MR) is 345 cm³/mol. The van der Waals surface area contributed by atoms with E-state index in [-0.39, 0.29) is 25.7 Å². The number of esters is 4. The number of aliphatic hydroxyl groups is 1. The molecule has 0 aromatic carbocycles. The number of phosphoric acid groups is 2. The Morgan fingerprint density at radius 2 is 0.465 bits per heavy atom. The summed E-state index contributed by atoms with van der Waals surface area (Å²) in [7, 11) is -9.88. The highest BCUT2D eigenvalue weighted by Gasteiger charge is 2.30. The van der Waals surface area contributed by atoms with Gasteiger partial charge in [0, 0.05) is 25.7 Å². The molecular weight excluding hydrogens is 1140 g/mol. The predicted octanol–water partition coefficient (Wildman–Crippen LogP) is 19.1. The van der Waals surface area contributed by atoms with Gasteiger partial charge in [-0.3, -0.25) is 37.3 Å². The Bertz CT molecular complexity index is 1650. The topological polar surface area (TPSA) is 237 Å². The van der Waals surface area contributed by atoms with Crippen molar-refractivity contribution in [3.8, 4) is 0 Å². The van der Waals surface area contributed by atoms with Gasteiger partial charge < -0.3 is 33.8 Å². The molecule has 0 aliphatic carbocycles. The SMILES string of the molecule is CCCCCCCCCCCCCCCCCCCCCCC(=O)O[C@H](COC(=O)CCCCCCCCCCCCCC)COP(=O)(O)OC[C@@H](O)COP(=O)(O)OC[C@@H](COC(=O)CCCCCCCCC)OC(=O)CCCCCCCCC.